The van der Waals surface area contributed by atoms with Crippen molar-refractivity contribution in [2.45, 2.75) is 69.6 Å². The Bertz CT molecular complexity index is 1070. The van der Waals surface area contributed by atoms with Gasteiger partial charge in [-0.05, 0) is 56.7 Å². The van der Waals surface area contributed by atoms with Crippen molar-refractivity contribution in [1.82, 2.24) is 20.2 Å². The molecule has 182 valence electrons. The van der Waals surface area contributed by atoms with Gasteiger partial charge in [0.25, 0.3) is 0 Å². The van der Waals surface area contributed by atoms with Crippen LogP contribution in [0.15, 0.2) is 35.1 Å². The van der Waals surface area contributed by atoms with Crippen molar-refractivity contribution in [3.05, 3.63) is 51.9 Å². The van der Waals surface area contributed by atoms with Crippen molar-refractivity contribution in [2.75, 3.05) is 31.1 Å². The first kappa shape index (κ1) is 23.7. The van der Waals surface area contributed by atoms with Crippen molar-refractivity contribution >= 4 is 27.7 Å². The summed E-state index contributed by atoms with van der Waals surface area (Å²) in [6, 6.07) is 8.31. The average Bonchev–Trinajstić information content (AvgIpc) is 3.32. The third kappa shape index (κ3) is 4.48. The second kappa shape index (κ2) is 9.21. The maximum Gasteiger partial charge on any atom is 0.231 e. The minimum atomic E-state index is -0.510. The molecule has 0 bridgehead atoms. The highest BCUT2D eigenvalue weighted by atomic mass is 79.9. The van der Waals surface area contributed by atoms with Crippen LogP contribution in [0.25, 0.3) is 0 Å². The molecule has 0 saturated carbocycles. The van der Waals surface area contributed by atoms with Crippen molar-refractivity contribution < 1.29 is 9.90 Å². The Hall–Kier alpha value is -2.03. The number of carbonyl (C=O) groups excluding carboxylic acids is 1. The number of anilines is 1. The van der Waals surface area contributed by atoms with Gasteiger partial charge in [-0.3, -0.25) is 4.79 Å². The molecule has 2 saturated heterocycles. The van der Waals surface area contributed by atoms with E-state index in [2.05, 4.69) is 69.0 Å². The zero-order valence-electron chi connectivity index (χ0n) is 20.2. The van der Waals surface area contributed by atoms with Crippen molar-refractivity contribution in [3.63, 3.8) is 0 Å². The lowest BCUT2D eigenvalue weighted by atomic mass is 9.89. The summed E-state index contributed by atoms with van der Waals surface area (Å²) in [6.07, 6.45) is 3.79. The molecule has 0 spiro atoms. The molecule has 8 heteroatoms. The van der Waals surface area contributed by atoms with Crippen molar-refractivity contribution in [2.24, 2.45) is 0 Å². The molecular formula is C26H34BrN5O2. The van der Waals surface area contributed by atoms with E-state index in [0.717, 1.165) is 53.0 Å². The second-order valence-corrected chi connectivity index (χ2v) is 11.6. The lowest BCUT2D eigenvalue weighted by Crippen LogP contribution is -2.53. The molecule has 3 heterocycles. The number of aliphatic hydroxyl groups is 1. The number of amides is 1. The molecule has 2 unspecified atom stereocenters. The molecule has 2 aliphatic heterocycles. The SMILES string of the molecule is C[C@@H]1C[C@@H](O)c2ncnc(N3CCN(C(=O)C(c4cccc(Br)c4)C4CCC(C)(C)N4)CC3)c21. The van der Waals surface area contributed by atoms with Crippen LogP contribution in [0.3, 0.4) is 0 Å². The summed E-state index contributed by atoms with van der Waals surface area (Å²) >= 11 is 3.59. The summed E-state index contributed by atoms with van der Waals surface area (Å²) in [6.45, 7) is 9.34. The number of rotatable bonds is 4. The molecule has 3 aliphatic rings. The second-order valence-electron chi connectivity index (χ2n) is 10.7. The summed E-state index contributed by atoms with van der Waals surface area (Å²) in [5.41, 5.74) is 2.94. The lowest BCUT2D eigenvalue weighted by Gasteiger charge is -2.39. The lowest BCUT2D eigenvalue weighted by molar-refractivity contribution is -0.133. The highest BCUT2D eigenvalue weighted by Gasteiger charge is 2.41. The van der Waals surface area contributed by atoms with Crippen LogP contribution in [0, 0.1) is 0 Å². The standard InChI is InChI=1S/C26H34BrN5O2/c1-16-13-20(33)23-21(16)24(29-15-28-23)31-9-11-32(12-10-31)25(34)22(17-5-4-6-18(27)14-17)19-7-8-26(2,3)30-19/h4-6,14-16,19-20,22,30,33H,7-13H2,1-3H3/t16-,19?,20-,22?/m1/s1. The Kier molecular flexibility index (Phi) is 6.42. The third-order valence-electron chi connectivity index (χ3n) is 7.70. The first-order valence-electron chi connectivity index (χ1n) is 12.3. The van der Waals surface area contributed by atoms with E-state index in [0.29, 0.717) is 19.5 Å². The van der Waals surface area contributed by atoms with Crippen LogP contribution in [0.5, 0.6) is 0 Å². The predicted octanol–water partition coefficient (Wildman–Crippen LogP) is 3.74. The molecule has 2 fully saturated rings. The van der Waals surface area contributed by atoms with Crippen LogP contribution in [-0.4, -0.2) is 63.6 Å². The summed E-state index contributed by atoms with van der Waals surface area (Å²) in [5, 5.41) is 14.1. The van der Waals surface area contributed by atoms with E-state index in [1.54, 1.807) is 6.33 Å². The first-order valence-corrected chi connectivity index (χ1v) is 13.1. The fraction of sp³-hybridized carbons (Fsp3) is 0.577. The van der Waals surface area contributed by atoms with Crippen LogP contribution in [0.4, 0.5) is 5.82 Å². The molecule has 2 N–H and O–H groups in total. The maximum atomic E-state index is 13.9. The molecule has 4 atom stereocenters. The van der Waals surface area contributed by atoms with Crippen molar-refractivity contribution in [1.29, 1.82) is 0 Å². The van der Waals surface area contributed by atoms with E-state index in [9.17, 15) is 9.90 Å². The molecule has 1 amide bonds. The minimum Gasteiger partial charge on any atom is -0.387 e. The minimum absolute atomic E-state index is 0.0442. The van der Waals surface area contributed by atoms with E-state index in [4.69, 9.17) is 0 Å². The molecule has 34 heavy (non-hydrogen) atoms. The fourth-order valence-corrected chi connectivity index (χ4v) is 6.37. The van der Waals surface area contributed by atoms with E-state index in [-0.39, 0.29) is 29.3 Å². The van der Waals surface area contributed by atoms with Gasteiger partial charge in [0.2, 0.25) is 5.91 Å². The Morgan fingerprint density at radius 2 is 2.00 bits per heavy atom. The Morgan fingerprint density at radius 3 is 2.68 bits per heavy atom. The zero-order valence-corrected chi connectivity index (χ0v) is 21.8. The normalized spacial score (nSPS) is 27.0. The zero-order chi connectivity index (χ0) is 24.0. The van der Waals surface area contributed by atoms with Crippen molar-refractivity contribution in [3.8, 4) is 0 Å². The quantitative estimate of drug-likeness (QED) is 0.630. The smallest absolute Gasteiger partial charge is 0.231 e. The van der Waals surface area contributed by atoms with Gasteiger partial charge in [0, 0.05) is 47.8 Å². The predicted molar refractivity (Wildman–Crippen MR) is 136 cm³/mol. The molecule has 0 radical (unpaired) electrons. The number of benzene rings is 1. The van der Waals surface area contributed by atoms with Gasteiger partial charge >= 0.3 is 0 Å². The topological polar surface area (TPSA) is 81.6 Å². The Labute approximate surface area is 210 Å². The van der Waals surface area contributed by atoms with Gasteiger partial charge in [0.05, 0.1) is 17.7 Å². The van der Waals surface area contributed by atoms with Crippen LogP contribution in [0.2, 0.25) is 0 Å². The number of hydrogen-bond acceptors (Lipinski definition) is 6. The van der Waals surface area contributed by atoms with Crippen LogP contribution in [0.1, 0.15) is 74.8 Å². The number of fused-ring (bicyclic) bond motifs is 1. The summed E-state index contributed by atoms with van der Waals surface area (Å²) in [4.78, 5) is 27.1. The number of carbonyl (C=O) groups is 1. The van der Waals surface area contributed by atoms with Gasteiger partial charge in [-0.1, -0.05) is 35.0 Å². The largest absolute Gasteiger partial charge is 0.387 e. The number of hydrogen-bond donors (Lipinski definition) is 2. The fourth-order valence-electron chi connectivity index (χ4n) is 5.95. The monoisotopic (exact) mass is 527 g/mol. The molecule has 1 aromatic carbocycles. The summed E-state index contributed by atoms with van der Waals surface area (Å²) in [7, 11) is 0. The maximum absolute atomic E-state index is 13.9. The van der Waals surface area contributed by atoms with Gasteiger partial charge in [-0.25, -0.2) is 9.97 Å². The molecular weight excluding hydrogens is 494 g/mol. The van der Waals surface area contributed by atoms with E-state index in [1.807, 2.05) is 17.0 Å². The number of piperazine rings is 1. The molecule has 7 nitrogen and oxygen atoms in total. The first-order chi connectivity index (χ1) is 16.2. The number of aliphatic hydroxyl groups excluding tert-OH is 1. The van der Waals surface area contributed by atoms with E-state index in [1.165, 1.54) is 0 Å². The Balaban J connectivity index is 1.34. The molecule has 1 aromatic heterocycles. The van der Waals surface area contributed by atoms with Gasteiger partial charge in [0.15, 0.2) is 0 Å². The number of halogens is 1. The molecule has 1 aliphatic carbocycles. The van der Waals surface area contributed by atoms with Gasteiger partial charge in [0.1, 0.15) is 12.1 Å². The third-order valence-corrected chi connectivity index (χ3v) is 8.20. The summed E-state index contributed by atoms with van der Waals surface area (Å²) in [5.74, 6) is 1.15. The van der Waals surface area contributed by atoms with Crippen LogP contribution < -0.4 is 10.2 Å². The van der Waals surface area contributed by atoms with Crippen LogP contribution >= 0.6 is 15.9 Å². The van der Waals surface area contributed by atoms with E-state index < -0.39 is 6.10 Å². The van der Waals surface area contributed by atoms with Gasteiger partial charge in [-0.15, -0.1) is 0 Å². The highest BCUT2D eigenvalue weighted by Crippen LogP contribution is 2.43. The van der Waals surface area contributed by atoms with E-state index >= 15 is 0 Å². The number of nitrogens with zero attached hydrogens (tertiary/aromatic N) is 4. The number of aromatic nitrogens is 2. The molecule has 5 rings (SSSR count). The highest BCUT2D eigenvalue weighted by molar-refractivity contribution is 9.10. The summed E-state index contributed by atoms with van der Waals surface area (Å²) < 4.78 is 0.999. The van der Waals surface area contributed by atoms with Gasteiger partial charge < -0.3 is 20.2 Å². The van der Waals surface area contributed by atoms with Crippen LogP contribution in [-0.2, 0) is 4.79 Å². The number of nitrogens with one attached hydrogen (secondary N) is 1. The van der Waals surface area contributed by atoms with Gasteiger partial charge in [-0.2, -0.15) is 0 Å². The Morgan fingerprint density at radius 1 is 1.24 bits per heavy atom. The average molecular weight is 528 g/mol. The molecule has 2 aromatic rings.